The summed E-state index contributed by atoms with van der Waals surface area (Å²) in [6.45, 7) is 0. The van der Waals surface area contributed by atoms with Crippen LogP contribution in [0.4, 0.5) is 18.9 Å². The molecule has 2 aromatic rings. The van der Waals surface area contributed by atoms with Crippen molar-refractivity contribution in [1.29, 1.82) is 0 Å². The number of nitrogens with zero attached hydrogens (tertiary/aromatic N) is 1. The van der Waals surface area contributed by atoms with Crippen LogP contribution < -0.4 is 10.2 Å². The molecule has 1 aliphatic carbocycles. The lowest BCUT2D eigenvalue weighted by Gasteiger charge is -2.19. The second-order valence-corrected chi connectivity index (χ2v) is 6.11. The van der Waals surface area contributed by atoms with E-state index in [0.29, 0.717) is 22.3 Å². The highest BCUT2D eigenvalue weighted by molar-refractivity contribution is 6.28. The molecular weight excluding hydrogens is 361 g/mol. The molecule has 4 rings (SSSR count). The Morgan fingerprint density at radius 2 is 1.56 bits per heavy atom. The lowest BCUT2D eigenvalue weighted by molar-refractivity contribution is -0.174. The smallest absolute Gasteiger partial charge is 0.337 e. The summed E-state index contributed by atoms with van der Waals surface area (Å²) in [4.78, 5) is 36.2. The topological polar surface area (TPSA) is 66.5 Å². The number of hydrogen-bond acceptors (Lipinski definition) is 3. The van der Waals surface area contributed by atoms with E-state index in [-0.39, 0.29) is 5.69 Å². The van der Waals surface area contributed by atoms with Gasteiger partial charge < -0.3 is 5.32 Å². The van der Waals surface area contributed by atoms with Crippen LogP contribution in [0.15, 0.2) is 54.6 Å². The molecule has 0 fully saturated rings. The Balaban J connectivity index is 1.80. The minimum Gasteiger partial charge on any atom is -0.337 e. The first-order valence-electron chi connectivity index (χ1n) is 7.94. The molecule has 0 aromatic heterocycles. The average molecular weight is 372 g/mol. The molecule has 0 saturated heterocycles. The van der Waals surface area contributed by atoms with E-state index < -0.39 is 29.9 Å². The molecule has 27 heavy (non-hydrogen) atoms. The zero-order valence-corrected chi connectivity index (χ0v) is 13.6. The normalized spacial score (nSPS) is 17.9. The quantitative estimate of drug-likeness (QED) is 0.825. The predicted molar refractivity (Wildman–Crippen MR) is 89.6 cm³/mol. The number of amides is 3. The molecule has 5 nitrogen and oxygen atoms in total. The van der Waals surface area contributed by atoms with Gasteiger partial charge in [-0.25, -0.2) is 4.90 Å². The van der Waals surface area contributed by atoms with Crippen molar-refractivity contribution in [3.8, 4) is 11.1 Å². The first kappa shape index (κ1) is 17.0. The van der Waals surface area contributed by atoms with Gasteiger partial charge in [-0.2, -0.15) is 13.2 Å². The second-order valence-electron chi connectivity index (χ2n) is 6.11. The van der Waals surface area contributed by atoms with Crippen molar-refractivity contribution in [2.75, 3.05) is 4.90 Å². The van der Waals surface area contributed by atoms with Gasteiger partial charge in [-0.15, -0.1) is 0 Å². The molecule has 0 radical (unpaired) electrons. The van der Waals surface area contributed by atoms with Gasteiger partial charge in [0.25, 0.3) is 11.8 Å². The first-order valence-corrected chi connectivity index (χ1v) is 7.94. The van der Waals surface area contributed by atoms with Crippen LogP contribution in [-0.2, 0) is 14.4 Å². The summed E-state index contributed by atoms with van der Waals surface area (Å²) in [5, 5.41) is 2.00. The van der Waals surface area contributed by atoms with Gasteiger partial charge >= 0.3 is 12.1 Å². The zero-order valence-electron chi connectivity index (χ0n) is 13.6. The third-order valence-electron chi connectivity index (χ3n) is 4.51. The minimum atomic E-state index is -5.03. The molecule has 0 saturated carbocycles. The SMILES string of the molecule is O=C1C=CC(=O)N1c1ccc2c(c1)[C@H](NC(=O)C(F)(F)F)c1ccccc1-2. The number of halogens is 3. The molecule has 2 aliphatic rings. The highest BCUT2D eigenvalue weighted by atomic mass is 19.4. The fraction of sp³-hybridized carbons (Fsp3) is 0.105. The van der Waals surface area contributed by atoms with Crippen LogP contribution in [0.1, 0.15) is 17.2 Å². The van der Waals surface area contributed by atoms with Gasteiger partial charge in [-0.3, -0.25) is 14.4 Å². The Labute approximate surface area is 151 Å². The maximum Gasteiger partial charge on any atom is 0.471 e. The Morgan fingerprint density at radius 3 is 2.22 bits per heavy atom. The van der Waals surface area contributed by atoms with E-state index in [1.807, 2.05) is 5.32 Å². The maximum atomic E-state index is 12.8. The van der Waals surface area contributed by atoms with Crippen LogP contribution in [0.2, 0.25) is 0 Å². The van der Waals surface area contributed by atoms with E-state index in [0.717, 1.165) is 17.1 Å². The van der Waals surface area contributed by atoms with Crippen molar-refractivity contribution in [2.24, 2.45) is 0 Å². The van der Waals surface area contributed by atoms with Crippen LogP contribution in [0.5, 0.6) is 0 Å². The van der Waals surface area contributed by atoms with Crippen molar-refractivity contribution in [2.45, 2.75) is 12.2 Å². The van der Waals surface area contributed by atoms with Gasteiger partial charge in [0.05, 0.1) is 11.7 Å². The van der Waals surface area contributed by atoms with Crippen LogP contribution in [0.25, 0.3) is 11.1 Å². The Morgan fingerprint density at radius 1 is 0.926 bits per heavy atom. The summed E-state index contributed by atoms with van der Waals surface area (Å²) in [5.74, 6) is -3.13. The number of benzene rings is 2. The molecule has 1 heterocycles. The lowest BCUT2D eigenvalue weighted by atomic mass is 10.0. The van der Waals surface area contributed by atoms with Gasteiger partial charge in [0.2, 0.25) is 0 Å². The molecule has 2 aromatic carbocycles. The number of carbonyl (C=O) groups excluding carboxylic acids is 3. The van der Waals surface area contributed by atoms with Crippen LogP contribution >= 0.6 is 0 Å². The van der Waals surface area contributed by atoms with Gasteiger partial charge in [0.1, 0.15) is 0 Å². The predicted octanol–water partition coefficient (Wildman–Crippen LogP) is 2.86. The number of carbonyl (C=O) groups is 3. The van der Waals surface area contributed by atoms with Gasteiger partial charge in [-0.05, 0) is 34.4 Å². The molecule has 1 aliphatic heterocycles. The number of imide groups is 1. The molecule has 3 amide bonds. The van der Waals surface area contributed by atoms with E-state index in [1.54, 1.807) is 36.4 Å². The highest BCUT2D eigenvalue weighted by Gasteiger charge is 2.42. The molecular formula is C19H11F3N2O3. The number of nitrogens with one attached hydrogen (secondary N) is 1. The van der Waals surface area contributed by atoms with Crippen molar-refractivity contribution in [3.05, 3.63) is 65.7 Å². The summed E-state index contributed by atoms with van der Waals surface area (Å²) in [7, 11) is 0. The molecule has 1 atom stereocenters. The fourth-order valence-corrected chi connectivity index (χ4v) is 3.36. The van der Waals surface area contributed by atoms with E-state index in [1.165, 1.54) is 6.07 Å². The van der Waals surface area contributed by atoms with Gasteiger partial charge in [0.15, 0.2) is 0 Å². The average Bonchev–Trinajstić information content (AvgIpc) is 3.11. The Kier molecular flexibility index (Phi) is 3.66. The van der Waals surface area contributed by atoms with E-state index in [2.05, 4.69) is 0 Å². The molecule has 1 N–H and O–H groups in total. The number of anilines is 1. The summed E-state index contributed by atoms with van der Waals surface area (Å²) in [6, 6.07) is 10.4. The van der Waals surface area contributed by atoms with Crippen LogP contribution in [-0.4, -0.2) is 23.9 Å². The zero-order chi connectivity index (χ0) is 19.3. The molecule has 136 valence electrons. The fourth-order valence-electron chi connectivity index (χ4n) is 3.36. The van der Waals surface area contributed by atoms with Crippen molar-refractivity contribution < 1.29 is 27.6 Å². The standard InChI is InChI=1S/C19H11F3N2O3/c20-19(21,22)18(27)23-17-13-4-2-1-3-11(13)12-6-5-10(9-14(12)17)24-15(25)7-8-16(24)26/h1-9,17H,(H,23,27)/t17-/m1/s1. The minimum absolute atomic E-state index is 0.229. The van der Waals surface area contributed by atoms with Crippen LogP contribution in [0, 0.1) is 0 Å². The number of alkyl halides is 3. The van der Waals surface area contributed by atoms with Crippen LogP contribution in [0.3, 0.4) is 0 Å². The molecule has 0 unspecified atom stereocenters. The Hall–Kier alpha value is -3.42. The molecule has 0 spiro atoms. The Bertz CT molecular complexity index is 1010. The summed E-state index contributed by atoms with van der Waals surface area (Å²) < 4.78 is 38.3. The summed E-state index contributed by atoms with van der Waals surface area (Å²) in [5.41, 5.74) is 2.45. The van der Waals surface area contributed by atoms with Gasteiger partial charge in [-0.1, -0.05) is 30.3 Å². The van der Waals surface area contributed by atoms with E-state index >= 15 is 0 Å². The lowest BCUT2D eigenvalue weighted by Crippen LogP contribution is -2.39. The molecule has 8 heteroatoms. The maximum absolute atomic E-state index is 12.8. The second kappa shape index (κ2) is 5.80. The summed E-state index contributed by atoms with van der Waals surface area (Å²) in [6.07, 6.45) is -2.79. The molecule has 0 bridgehead atoms. The number of fused-ring (bicyclic) bond motifs is 3. The monoisotopic (exact) mass is 372 g/mol. The highest BCUT2D eigenvalue weighted by Crippen LogP contribution is 2.45. The number of rotatable bonds is 2. The van der Waals surface area contributed by atoms with Crippen molar-refractivity contribution in [1.82, 2.24) is 5.32 Å². The third kappa shape index (κ3) is 2.69. The van der Waals surface area contributed by atoms with Gasteiger partial charge in [0, 0.05) is 12.2 Å². The largest absolute Gasteiger partial charge is 0.471 e. The van der Waals surface area contributed by atoms with Crippen molar-refractivity contribution >= 4 is 23.4 Å². The van der Waals surface area contributed by atoms with E-state index in [4.69, 9.17) is 0 Å². The van der Waals surface area contributed by atoms with E-state index in [9.17, 15) is 27.6 Å². The summed E-state index contributed by atoms with van der Waals surface area (Å²) >= 11 is 0. The number of hydrogen-bond donors (Lipinski definition) is 1. The first-order chi connectivity index (χ1) is 12.8. The van der Waals surface area contributed by atoms with Crippen molar-refractivity contribution in [3.63, 3.8) is 0 Å². The third-order valence-corrected chi connectivity index (χ3v) is 4.51.